The Morgan fingerprint density at radius 1 is 0.349 bits per heavy atom. The van der Waals surface area contributed by atoms with E-state index in [2.05, 4.69) is 221 Å². The van der Waals surface area contributed by atoms with Gasteiger partial charge >= 0.3 is 0 Å². The Kier molecular flexibility index (Phi) is 6.67. The second kappa shape index (κ2) is 11.9. The van der Waals surface area contributed by atoms with Crippen LogP contribution in [0.2, 0.25) is 0 Å². The van der Waals surface area contributed by atoms with Gasteiger partial charge in [0.05, 0.1) is 11.1 Å². The van der Waals surface area contributed by atoms with Crippen molar-refractivity contribution in [2.75, 3.05) is 4.90 Å². The van der Waals surface area contributed by atoms with Gasteiger partial charge in [0.15, 0.2) is 5.58 Å². The molecular formula is C61H43NO. The molecule has 0 saturated carbocycles. The zero-order valence-corrected chi connectivity index (χ0v) is 35.8. The van der Waals surface area contributed by atoms with Crippen LogP contribution in [0.3, 0.4) is 0 Å². The summed E-state index contributed by atoms with van der Waals surface area (Å²) in [6, 6.07) is 70.6. The number of anilines is 3. The fourth-order valence-electron chi connectivity index (χ4n) is 12.7. The topological polar surface area (TPSA) is 16.4 Å². The van der Waals surface area contributed by atoms with Gasteiger partial charge in [-0.15, -0.1) is 0 Å². The van der Waals surface area contributed by atoms with Crippen molar-refractivity contribution in [2.24, 2.45) is 0 Å². The molecule has 4 aliphatic rings. The maximum absolute atomic E-state index is 6.81. The lowest BCUT2D eigenvalue weighted by atomic mass is 9.70. The molecule has 63 heavy (non-hydrogen) atoms. The fraction of sp³-hybridized carbons (Fsp3) is 0.115. The summed E-state index contributed by atoms with van der Waals surface area (Å²) < 4.78 is 6.81. The van der Waals surface area contributed by atoms with E-state index in [1.807, 2.05) is 0 Å². The molecule has 0 N–H and O–H groups in total. The number of rotatable bonds is 3. The molecule has 4 aliphatic carbocycles. The lowest BCUT2D eigenvalue weighted by Gasteiger charge is -2.31. The molecule has 0 saturated heterocycles. The van der Waals surface area contributed by atoms with Crippen LogP contribution < -0.4 is 4.90 Å². The zero-order valence-electron chi connectivity index (χ0n) is 35.8. The first kappa shape index (κ1) is 35.2. The third-order valence-electron chi connectivity index (χ3n) is 15.5. The molecule has 0 aliphatic heterocycles. The Morgan fingerprint density at radius 3 is 1.51 bits per heavy atom. The van der Waals surface area contributed by atoms with Crippen molar-refractivity contribution >= 4 is 39.0 Å². The molecule has 0 radical (unpaired) electrons. The Bertz CT molecular complexity index is 3610. The van der Waals surface area contributed by atoms with E-state index in [-0.39, 0.29) is 16.2 Å². The molecule has 0 amide bonds. The van der Waals surface area contributed by atoms with Gasteiger partial charge in [-0.3, -0.25) is 0 Å². The molecule has 9 aromatic carbocycles. The number of furan rings is 1. The maximum atomic E-state index is 6.81. The lowest BCUT2D eigenvalue weighted by Crippen LogP contribution is -2.26. The summed E-state index contributed by atoms with van der Waals surface area (Å²) in [6.07, 6.45) is 0. The predicted octanol–water partition coefficient (Wildman–Crippen LogP) is 16.0. The number of hydrogen-bond acceptors (Lipinski definition) is 2. The van der Waals surface area contributed by atoms with Crippen LogP contribution in [0.5, 0.6) is 0 Å². The smallest absolute Gasteiger partial charge is 0.159 e. The third kappa shape index (κ3) is 4.24. The van der Waals surface area contributed by atoms with E-state index in [1.165, 1.54) is 89.0 Å². The highest BCUT2D eigenvalue weighted by Gasteiger charge is 2.53. The number of para-hydroxylation sites is 2. The average molecular weight is 806 g/mol. The van der Waals surface area contributed by atoms with Crippen molar-refractivity contribution in [2.45, 2.75) is 43.9 Å². The summed E-state index contributed by atoms with van der Waals surface area (Å²) in [5.74, 6) is 0. The van der Waals surface area contributed by atoms with Crippen LogP contribution in [0, 0.1) is 0 Å². The number of nitrogens with zero attached hydrogens (tertiary/aromatic N) is 1. The first-order valence-corrected chi connectivity index (χ1v) is 22.3. The molecule has 298 valence electrons. The standard InChI is InChI=1S/C61H43NO/c1-59(2)46-22-10-5-16-38(46)41-30-28-36(34-52(41)59)62(54-26-15-21-43-42-19-9-14-27-55(42)63-58(43)54)37-29-31-45-53(35-37)60(3,4)50-32-33-51-57(56(45)50)44-20-8-13-25-49(44)61(51)47-23-11-6-17-39(47)40-18-7-12-24-48(40)61/h5-35H,1-4H3. The van der Waals surface area contributed by atoms with E-state index >= 15 is 0 Å². The average Bonchev–Trinajstić information content (AvgIpc) is 4.06. The largest absolute Gasteiger partial charge is 0.454 e. The van der Waals surface area contributed by atoms with Gasteiger partial charge in [-0.25, -0.2) is 0 Å². The molecule has 1 heterocycles. The van der Waals surface area contributed by atoms with Crippen LogP contribution in [0.1, 0.15) is 72.2 Å². The highest BCUT2D eigenvalue weighted by atomic mass is 16.3. The summed E-state index contributed by atoms with van der Waals surface area (Å²) in [7, 11) is 0. The normalized spacial score (nSPS) is 15.7. The van der Waals surface area contributed by atoms with Crippen LogP contribution in [-0.4, -0.2) is 0 Å². The molecule has 1 spiro atoms. The second-order valence-corrected chi connectivity index (χ2v) is 19.1. The molecule has 2 heteroatoms. The van der Waals surface area contributed by atoms with E-state index < -0.39 is 0 Å². The van der Waals surface area contributed by atoms with Gasteiger partial charge < -0.3 is 9.32 Å². The molecule has 0 unspecified atom stereocenters. The predicted molar refractivity (Wildman–Crippen MR) is 260 cm³/mol. The minimum atomic E-state index is -0.385. The highest BCUT2D eigenvalue weighted by Crippen LogP contribution is 2.66. The SMILES string of the molecule is CC1(C)c2ccccc2-c2ccc(N(c3ccc4c(c3)C(C)(C)c3ccc5c(c3-4)-c3ccccc3C53c4ccccc4-c4ccccc43)c3cccc4c3oc3ccccc34)cc21. The van der Waals surface area contributed by atoms with Gasteiger partial charge in [0.25, 0.3) is 0 Å². The van der Waals surface area contributed by atoms with E-state index in [1.54, 1.807) is 0 Å². The molecule has 0 atom stereocenters. The Labute approximate surface area is 367 Å². The van der Waals surface area contributed by atoms with Crippen molar-refractivity contribution in [1.29, 1.82) is 0 Å². The van der Waals surface area contributed by atoms with Gasteiger partial charge in [-0.05, 0) is 125 Å². The Balaban J connectivity index is 1.01. The minimum Gasteiger partial charge on any atom is -0.454 e. The highest BCUT2D eigenvalue weighted by molar-refractivity contribution is 6.11. The van der Waals surface area contributed by atoms with Gasteiger partial charge in [-0.2, -0.15) is 0 Å². The molecule has 1 aromatic heterocycles. The van der Waals surface area contributed by atoms with E-state index in [0.29, 0.717) is 0 Å². The summed E-state index contributed by atoms with van der Waals surface area (Å²) in [5, 5.41) is 2.25. The first-order valence-electron chi connectivity index (χ1n) is 22.3. The summed E-state index contributed by atoms with van der Waals surface area (Å²) in [6.45, 7) is 9.57. The van der Waals surface area contributed by atoms with E-state index in [9.17, 15) is 0 Å². The third-order valence-corrected chi connectivity index (χ3v) is 15.5. The fourth-order valence-corrected chi connectivity index (χ4v) is 12.7. The first-order chi connectivity index (χ1) is 30.8. The molecular weight excluding hydrogens is 763 g/mol. The van der Waals surface area contributed by atoms with E-state index in [4.69, 9.17) is 4.42 Å². The van der Waals surface area contributed by atoms with Crippen LogP contribution in [0.25, 0.3) is 66.4 Å². The molecule has 0 bridgehead atoms. The second-order valence-electron chi connectivity index (χ2n) is 19.1. The maximum Gasteiger partial charge on any atom is 0.159 e. The Morgan fingerprint density at radius 2 is 0.810 bits per heavy atom. The van der Waals surface area contributed by atoms with Gasteiger partial charge in [0, 0.05) is 33.0 Å². The summed E-state index contributed by atoms with van der Waals surface area (Å²) >= 11 is 0. The van der Waals surface area contributed by atoms with Gasteiger partial charge in [0.2, 0.25) is 0 Å². The monoisotopic (exact) mass is 805 g/mol. The van der Waals surface area contributed by atoms with E-state index in [0.717, 1.165) is 39.0 Å². The van der Waals surface area contributed by atoms with Crippen LogP contribution in [-0.2, 0) is 16.2 Å². The number of fused-ring (bicyclic) bond motifs is 20. The van der Waals surface area contributed by atoms with Crippen molar-refractivity contribution in [3.05, 3.63) is 233 Å². The molecule has 0 fully saturated rings. The quantitative estimate of drug-likeness (QED) is 0.177. The van der Waals surface area contributed by atoms with Crippen LogP contribution >= 0.6 is 0 Å². The van der Waals surface area contributed by atoms with Crippen LogP contribution in [0.4, 0.5) is 17.1 Å². The summed E-state index contributed by atoms with van der Waals surface area (Å²) in [5.41, 5.74) is 25.9. The van der Waals surface area contributed by atoms with Crippen LogP contribution in [0.15, 0.2) is 192 Å². The van der Waals surface area contributed by atoms with Crippen molar-refractivity contribution < 1.29 is 4.42 Å². The zero-order chi connectivity index (χ0) is 42.0. The minimum absolute atomic E-state index is 0.144. The van der Waals surface area contributed by atoms with Crippen molar-refractivity contribution in [3.8, 4) is 44.5 Å². The van der Waals surface area contributed by atoms with Gasteiger partial charge in [0.1, 0.15) is 5.58 Å². The Hall–Kier alpha value is -7.42. The van der Waals surface area contributed by atoms with Gasteiger partial charge in [-0.1, -0.05) is 179 Å². The summed E-state index contributed by atoms with van der Waals surface area (Å²) in [4.78, 5) is 2.45. The molecule has 2 nitrogen and oxygen atoms in total. The van der Waals surface area contributed by atoms with Crippen molar-refractivity contribution in [3.63, 3.8) is 0 Å². The molecule has 10 aromatic rings. The molecule has 14 rings (SSSR count). The lowest BCUT2D eigenvalue weighted by molar-refractivity contribution is 0.659. The number of hydrogen-bond donors (Lipinski definition) is 0. The number of benzene rings is 9. The van der Waals surface area contributed by atoms with Crippen molar-refractivity contribution in [1.82, 2.24) is 0 Å².